The van der Waals surface area contributed by atoms with Crippen molar-refractivity contribution in [3.05, 3.63) is 69.3 Å². The number of hydrogen-bond donors (Lipinski definition) is 2. The maximum atomic E-state index is 6.42. The number of nitrogens with one attached hydrogen (secondary N) is 2. The molecule has 0 saturated carbocycles. The SMILES string of the molecule is CCNCCCNCc1c(C)n(Cc2ccc(Cl)cc2Cl)c2ccccc12. The molecule has 0 bridgehead atoms. The number of halogens is 2. The minimum absolute atomic E-state index is 0.667. The molecule has 2 N–H and O–H groups in total. The molecule has 0 saturated heterocycles. The summed E-state index contributed by atoms with van der Waals surface area (Å²) in [7, 11) is 0. The van der Waals surface area contributed by atoms with Gasteiger partial charge >= 0.3 is 0 Å². The van der Waals surface area contributed by atoms with Crippen molar-refractivity contribution in [2.24, 2.45) is 0 Å². The Morgan fingerprint density at radius 1 is 1.00 bits per heavy atom. The maximum absolute atomic E-state index is 6.42. The van der Waals surface area contributed by atoms with Crippen LogP contribution in [0.2, 0.25) is 10.0 Å². The summed E-state index contributed by atoms with van der Waals surface area (Å²) in [5, 5.41) is 9.64. The van der Waals surface area contributed by atoms with Crippen LogP contribution in [0, 0.1) is 6.92 Å². The Morgan fingerprint density at radius 2 is 1.78 bits per heavy atom. The number of fused-ring (bicyclic) bond motifs is 1. The summed E-state index contributed by atoms with van der Waals surface area (Å²) in [4.78, 5) is 0. The van der Waals surface area contributed by atoms with Crippen LogP contribution < -0.4 is 10.6 Å². The first-order valence-corrected chi connectivity index (χ1v) is 10.3. The first kappa shape index (κ1) is 20.2. The van der Waals surface area contributed by atoms with E-state index in [0.717, 1.165) is 44.7 Å². The van der Waals surface area contributed by atoms with E-state index in [1.165, 1.54) is 22.2 Å². The van der Waals surface area contributed by atoms with Gasteiger partial charge in [0.25, 0.3) is 0 Å². The van der Waals surface area contributed by atoms with Crippen LogP contribution in [0.15, 0.2) is 42.5 Å². The highest BCUT2D eigenvalue weighted by atomic mass is 35.5. The lowest BCUT2D eigenvalue weighted by Crippen LogP contribution is -2.21. The second-order valence-corrected chi connectivity index (χ2v) is 7.63. The van der Waals surface area contributed by atoms with Gasteiger partial charge in [-0.25, -0.2) is 0 Å². The van der Waals surface area contributed by atoms with Gasteiger partial charge in [-0.2, -0.15) is 0 Å². The number of benzene rings is 2. The monoisotopic (exact) mass is 403 g/mol. The van der Waals surface area contributed by atoms with Gasteiger partial charge in [0.1, 0.15) is 0 Å². The van der Waals surface area contributed by atoms with E-state index in [2.05, 4.69) is 53.3 Å². The molecule has 1 heterocycles. The van der Waals surface area contributed by atoms with Gasteiger partial charge in [-0.05, 0) is 62.3 Å². The lowest BCUT2D eigenvalue weighted by atomic mass is 10.1. The molecule has 0 spiro atoms. The molecule has 0 aliphatic rings. The Hall–Kier alpha value is -1.52. The summed E-state index contributed by atoms with van der Waals surface area (Å²) < 4.78 is 2.35. The van der Waals surface area contributed by atoms with E-state index in [-0.39, 0.29) is 0 Å². The molecule has 0 amide bonds. The Labute approximate surface area is 171 Å². The average molecular weight is 404 g/mol. The van der Waals surface area contributed by atoms with Crippen molar-refractivity contribution in [1.29, 1.82) is 0 Å². The minimum atomic E-state index is 0.667. The third-order valence-corrected chi connectivity index (χ3v) is 5.55. The van der Waals surface area contributed by atoms with Gasteiger partial charge in [0, 0.05) is 39.7 Å². The third kappa shape index (κ3) is 4.85. The standard InChI is InChI=1S/C22H27Cl2N3/c1-3-25-11-6-12-26-14-20-16(2)27(22-8-5-4-7-19(20)22)15-17-9-10-18(23)13-21(17)24/h4-5,7-10,13,25-26H,3,6,11-12,14-15H2,1-2H3. The number of para-hydroxylation sites is 1. The van der Waals surface area contributed by atoms with Crippen LogP contribution in [0.25, 0.3) is 10.9 Å². The van der Waals surface area contributed by atoms with Crippen molar-refractivity contribution >= 4 is 34.1 Å². The van der Waals surface area contributed by atoms with E-state index < -0.39 is 0 Å². The van der Waals surface area contributed by atoms with Crippen molar-refractivity contribution in [3.63, 3.8) is 0 Å². The fourth-order valence-electron chi connectivity index (χ4n) is 3.48. The topological polar surface area (TPSA) is 29.0 Å². The lowest BCUT2D eigenvalue weighted by Gasteiger charge is -2.11. The van der Waals surface area contributed by atoms with Gasteiger partial charge in [0.05, 0.1) is 0 Å². The molecule has 5 heteroatoms. The molecule has 0 atom stereocenters. The van der Waals surface area contributed by atoms with Crippen LogP contribution >= 0.6 is 23.2 Å². The summed E-state index contributed by atoms with van der Waals surface area (Å²) in [6, 6.07) is 14.3. The third-order valence-electron chi connectivity index (χ3n) is 4.96. The predicted molar refractivity (Wildman–Crippen MR) is 117 cm³/mol. The van der Waals surface area contributed by atoms with Gasteiger partial charge in [-0.3, -0.25) is 0 Å². The fourth-order valence-corrected chi connectivity index (χ4v) is 3.95. The van der Waals surface area contributed by atoms with Crippen LogP contribution in [0.3, 0.4) is 0 Å². The number of aromatic nitrogens is 1. The zero-order valence-electron chi connectivity index (χ0n) is 16.0. The van der Waals surface area contributed by atoms with Crippen LogP contribution in [0.4, 0.5) is 0 Å². The predicted octanol–water partition coefficient (Wildman–Crippen LogP) is 5.39. The second-order valence-electron chi connectivity index (χ2n) is 6.79. The molecule has 0 radical (unpaired) electrons. The Bertz CT molecular complexity index is 902. The molecule has 3 nitrogen and oxygen atoms in total. The van der Waals surface area contributed by atoms with Crippen LogP contribution in [-0.4, -0.2) is 24.2 Å². The van der Waals surface area contributed by atoms with E-state index in [0.29, 0.717) is 10.0 Å². The zero-order valence-corrected chi connectivity index (χ0v) is 17.5. The maximum Gasteiger partial charge on any atom is 0.0493 e. The highest BCUT2D eigenvalue weighted by molar-refractivity contribution is 6.35. The molecule has 3 aromatic rings. The summed E-state index contributed by atoms with van der Waals surface area (Å²) in [5.41, 5.74) is 4.96. The largest absolute Gasteiger partial charge is 0.340 e. The minimum Gasteiger partial charge on any atom is -0.340 e. The van der Waals surface area contributed by atoms with E-state index in [9.17, 15) is 0 Å². The molecular formula is C22H27Cl2N3. The quantitative estimate of drug-likeness (QED) is 0.468. The second kappa shape index (κ2) is 9.61. The van der Waals surface area contributed by atoms with E-state index >= 15 is 0 Å². The number of nitrogens with zero attached hydrogens (tertiary/aromatic N) is 1. The van der Waals surface area contributed by atoms with Crippen LogP contribution in [-0.2, 0) is 13.1 Å². The molecule has 2 aromatic carbocycles. The number of hydrogen-bond acceptors (Lipinski definition) is 2. The summed E-state index contributed by atoms with van der Waals surface area (Å²) in [6.45, 7) is 9.04. The van der Waals surface area contributed by atoms with Crippen molar-refractivity contribution in [2.45, 2.75) is 33.4 Å². The van der Waals surface area contributed by atoms with Gasteiger partial charge in [-0.1, -0.05) is 54.4 Å². The molecular weight excluding hydrogens is 377 g/mol. The van der Waals surface area contributed by atoms with Crippen molar-refractivity contribution < 1.29 is 0 Å². The molecule has 0 unspecified atom stereocenters. The van der Waals surface area contributed by atoms with E-state index in [4.69, 9.17) is 23.2 Å². The fraction of sp³-hybridized carbons (Fsp3) is 0.364. The Balaban J connectivity index is 1.82. The number of rotatable bonds is 9. The molecule has 27 heavy (non-hydrogen) atoms. The van der Waals surface area contributed by atoms with Gasteiger partial charge in [0.2, 0.25) is 0 Å². The first-order chi connectivity index (χ1) is 13.1. The molecule has 0 aliphatic carbocycles. The first-order valence-electron chi connectivity index (χ1n) is 9.54. The van der Waals surface area contributed by atoms with E-state index in [1.54, 1.807) is 0 Å². The van der Waals surface area contributed by atoms with Gasteiger partial charge in [-0.15, -0.1) is 0 Å². The van der Waals surface area contributed by atoms with Gasteiger partial charge < -0.3 is 15.2 Å². The van der Waals surface area contributed by atoms with Crippen molar-refractivity contribution in [3.8, 4) is 0 Å². The normalized spacial score (nSPS) is 11.4. The summed E-state index contributed by atoms with van der Waals surface area (Å²) in [5.74, 6) is 0. The highest BCUT2D eigenvalue weighted by Gasteiger charge is 2.14. The molecule has 0 fully saturated rings. The van der Waals surface area contributed by atoms with Crippen molar-refractivity contribution in [1.82, 2.24) is 15.2 Å². The van der Waals surface area contributed by atoms with Crippen molar-refractivity contribution in [2.75, 3.05) is 19.6 Å². The molecule has 144 valence electrons. The van der Waals surface area contributed by atoms with Crippen LogP contribution in [0.5, 0.6) is 0 Å². The average Bonchev–Trinajstić information content (AvgIpc) is 2.92. The summed E-state index contributed by atoms with van der Waals surface area (Å²) in [6.07, 6.45) is 1.13. The lowest BCUT2D eigenvalue weighted by molar-refractivity contribution is 0.605. The Morgan fingerprint density at radius 3 is 2.56 bits per heavy atom. The van der Waals surface area contributed by atoms with Gasteiger partial charge in [0.15, 0.2) is 0 Å². The van der Waals surface area contributed by atoms with Crippen LogP contribution in [0.1, 0.15) is 30.2 Å². The molecule has 3 rings (SSSR count). The molecule has 0 aliphatic heterocycles. The molecule has 1 aromatic heterocycles. The highest BCUT2D eigenvalue weighted by Crippen LogP contribution is 2.29. The van der Waals surface area contributed by atoms with E-state index in [1.807, 2.05) is 18.2 Å². The smallest absolute Gasteiger partial charge is 0.0493 e. The summed E-state index contributed by atoms with van der Waals surface area (Å²) >= 11 is 12.5. The Kier molecular flexibility index (Phi) is 7.20. The zero-order chi connectivity index (χ0) is 19.2.